The van der Waals surface area contributed by atoms with E-state index in [1.54, 1.807) is 0 Å². The molecular weight excluding hydrogens is 169 g/mol. The summed E-state index contributed by atoms with van der Waals surface area (Å²) < 4.78 is 4.58. The number of hydrogen-bond acceptors (Lipinski definition) is 6. The van der Waals surface area contributed by atoms with Crippen LogP contribution < -0.4 is 0 Å². The van der Waals surface area contributed by atoms with Crippen LogP contribution >= 0.6 is 0 Å². The van der Waals surface area contributed by atoms with E-state index in [1.165, 1.54) is 0 Å². The van der Waals surface area contributed by atoms with E-state index in [4.69, 9.17) is 25.5 Å². The van der Waals surface area contributed by atoms with Gasteiger partial charge >= 0.3 is 0 Å². The van der Waals surface area contributed by atoms with Crippen LogP contribution in [0, 0.1) is 0 Å². The molecule has 0 amide bonds. The van der Waals surface area contributed by atoms with Crippen molar-refractivity contribution in [2.24, 2.45) is 0 Å². The molecule has 0 aromatic heterocycles. The summed E-state index contributed by atoms with van der Waals surface area (Å²) in [6, 6.07) is 0. The van der Waals surface area contributed by atoms with Crippen LogP contribution in [0.5, 0.6) is 0 Å². The maximum absolute atomic E-state index is 9.12. The molecule has 1 heterocycles. The zero-order chi connectivity index (χ0) is 9.30. The fourth-order valence-corrected chi connectivity index (χ4v) is 1.08. The fraction of sp³-hybridized carbons (Fsp3) is 1.00. The summed E-state index contributed by atoms with van der Waals surface area (Å²) in [7, 11) is 0. The summed E-state index contributed by atoms with van der Waals surface area (Å²) in [5.74, 6) is 0. The van der Waals surface area contributed by atoms with Gasteiger partial charge in [0.05, 0.1) is 6.61 Å². The van der Waals surface area contributed by atoms with Gasteiger partial charge in [-0.3, -0.25) is 0 Å². The van der Waals surface area contributed by atoms with Crippen LogP contribution in [0.15, 0.2) is 0 Å². The lowest BCUT2D eigenvalue weighted by Crippen LogP contribution is -2.58. The minimum absolute atomic E-state index is 0.526. The first-order valence-electron chi connectivity index (χ1n) is 3.56. The van der Waals surface area contributed by atoms with Gasteiger partial charge in [0.2, 0.25) is 0 Å². The first-order valence-corrected chi connectivity index (χ1v) is 3.56. The van der Waals surface area contributed by atoms with Crippen LogP contribution in [0.4, 0.5) is 0 Å². The Morgan fingerprint density at radius 2 is 1.50 bits per heavy atom. The smallest absolute Gasteiger partial charge is 0.184 e. The molecule has 1 aliphatic heterocycles. The van der Waals surface area contributed by atoms with E-state index in [0.717, 1.165) is 0 Å². The normalized spacial score (nSPS) is 49.2. The molecule has 6 nitrogen and oxygen atoms in total. The number of aliphatic hydroxyl groups is 5. The fourth-order valence-electron chi connectivity index (χ4n) is 1.08. The van der Waals surface area contributed by atoms with Crippen molar-refractivity contribution in [2.45, 2.75) is 30.7 Å². The number of hydrogen-bond donors (Lipinski definition) is 5. The van der Waals surface area contributed by atoms with Gasteiger partial charge in [-0.05, 0) is 0 Å². The highest BCUT2D eigenvalue weighted by molar-refractivity contribution is 4.87. The Labute approximate surface area is 68.6 Å². The first kappa shape index (κ1) is 9.85. The van der Waals surface area contributed by atoms with Crippen molar-refractivity contribution in [1.82, 2.24) is 0 Å². The zero-order valence-corrected chi connectivity index (χ0v) is 6.24. The molecule has 0 spiro atoms. The predicted molar refractivity (Wildman–Crippen MR) is 36.0 cm³/mol. The molecule has 12 heavy (non-hydrogen) atoms. The molecule has 72 valence electrons. The lowest BCUT2D eigenvalue weighted by Gasteiger charge is -2.37. The first-order chi connectivity index (χ1) is 5.57. The van der Waals surface area contributed by atoms with E-state index in [-0.39, 0.29) is 0 Å². The Balaban J connectivity index is 2.63. The lowest BCUT2D eigenvalue weighted by molar-refractivity contribution is -0.286. The SMILES string of the molecule is OCC1OC(O)[13CH](O)C(O)C1O. The molecule has 0 aromatic rings. The second kappa shape index (κ2) is 3.65. The molecule has 1 saturated heterocycles. The second-order valence-electron chi connectivity index (χ2n) is 2.72. The Bertz CT molecular complexity index is 146. The molecule has 0 aliphatic carbocycles. The van der Waals surface area contributed by atoms with Crippen LogP contribution in [-0.4, -0.2) is 62.8 Å². The molecule has 1 rings (SSSR count). The second-order valence-corrected chi connectivity index (χ2v) is 2.72. The molecule has 1 fully saturated rings. The molecule has 0 radical (unpaired) electrons. The van der Waals surface area contributed by atoms with Crippen LogP contribution in [0.1, 0.15) is 0 Å². The van der Waals surface area contributed by atoms with Crippen molar-refractivity contribution in [3.63, 3.8) is 0 Å². The van der Waals surface area contributed by atoms with E-state index >= 15 is 0 Å². The summed E-state index contributed by atoms with van der Waals surface area (Å²) in [4.78, 5) is 0. The van der Waals surface area contributed by atoms with E-state index in [1.807, 2.05) is 0 Å². The van der Waals surface area contributed by atoms with Gasteiger partial charge < -0.3 is 30.3 Å². The third kappa shape index (κ3) is 1.58. The Kier molecular flexibility index (Phi) is 2.99. The highest BCUT2D eigenvalue weighted by atomic mass is 16.7. The van der Waals surface area contributed by atoms with Crippen molar-refractivity contribution < 1.29 is 30.3 Å². The molecule has 1 aliphatic rings. The van der Waals surface area contributed by atoms with Crippen LogP contribution in [0.3, 0.4) is 0 Å². The van der Waals surface area contributed by atoms with Gasteiger partial charge in [-0.15, -0.1) is 0 Å². The Morgan fingerprint density at radius 3 is 2.00 bits per heavy atom. The average molecular weight is 181 g/mol. The van der Waals surface area contributed by atoms with Gasteiger partial charge in [0.1, 0.15) is 24.4 Å². The van der Waals surface area contributed by atoms with E-state index < -0.39 is 37.3 Å². The van der Waals surface area contributed by atoms with Crippen LogP contribution in [0.25, 0.3) is 0 Å². The van der Waals surface area contributed by atoms with Crippen molar-refractivity contribution in [2.75, 3.05) is 6.61 Å². The summed E-state index contributed by atoms with van der Waals surface area (Å²) in [5, 5.41) is 44.7. The standard InChI is InChI=1S/C6H12O6/c7-1-2-3(8)4(9)5(10)6(11)12-2/h2-11H,1H2/i5+1. The molecule has 6 heteroatoms. The largest absolute Gasteiger partial charge is 0.394 e. The van der Waals surface area contributed by atoms with Gasteiger partial charge in [0.25, 0.3) is 0 Å². The monoisotopic (exact) mass is 181 g/mol. The minimum atomic E-state index is -1.57. The maximum Gasteiger partial charge on any atom is 0.184 e. The van der Waals surface area contributed by atoms with E-state index in [2.05, 4.69) is 4.74 Å². The third-order valence-electron chi connectivity index (χ3n) is 1.87. The van der Waals surface area contributed by atoms with Crippen LogP contribution in [-0.2, 0) is 4.74 Å². The van der Waals surface area contributed by atoms with Crippen molar-refractivity contribution >= 4 is 0 Å². The zero-order valence-electron chi connectivity index (χ0n) is 6.24. The van der Waals surface area contributed by atoms with E-state index in [0.29, 0.717) is 0 Å². The molecule has 5 N–H and O–H groups in total. The quantitative estimate of drug-likeness (QED) is 0.272. The van der Waals surface area contributed by atoms with E-state index in [9.17, 15) is 0 Å². The van der Waals surface area contributed by atoms with Gasteiger partial charge in [0, 0.05) is 0 Å². The summed E-state index contributed by atoms with van der Waals surface area (Å²) in [6.07, 6.45) is -7.04. The Hall–Kier alpha value is -0.240. The number of aliphatic hydroxyl groups excluding tert-OH is 5. The van der Waals surface area contributed by atoms with Crippen molar-refractivity contribution in [1.29, 1.82) is 0 Å². The molecule has 0 aromatic carbocycles. The predicted octanol–water partition coefficient (Wildman–Crippen LogP) is -3.22. The topological polar surface area (TPSA) is 110 Å². The summed E-state index contributed by atoms with van der Waals surface area (Å²) >= 11 is 0. The molecule has 5 atom stereocenters. The lowest BCUT2D eigenvalue weighted by atomic mass is 10.1. The average Bonchev–Trinajstić information content (AvgIpc) is 2.08. The maximum atomic E-state index is 9.12. The number of rotatable bonds is 1. The van der Waals surface area contributed by atoms with Crippen molar-refractivity contribution in [3.8, 4) is 0 Å². The van der Waals surface area contributed by atoms with Crippen molar-refractivity contribution in [3.05, 3.63) is 0 Å². The molecule has 0 bridgehead atoms. The highest BCUT2D eigenvalue weighted by Crippen LogP contribution is 2.18. The van der Waals surface area contributed by atoms with Gasteiger partial charge in [0.15, 0.2) is 6.29 Å². The summed E-state index contributed by atoms with van der Waals surface area (Å²) in [6.45, 7) is -0.526. The minimum Gasteiger partial charge on any atom is -0.394 e. The molecular formula is C6H12O6. The third-order valence-corrected chi connectivity index (χ3v) is 1.87. The summed E-state index contributed by atoms with van der Waals surface area (Å²) in [5.41, 5.74) is 0. The Morgan fingerprint density at radius 1 is 0.917 bits per heavy atom. The van der Waals surface area contributed by atoms with Gasteiger partial charge in [-0.1, -0.05) is 0 Å². The van der Waals surface area contributed by atoms with Gasteiger partial charge in [-0.2, -0.15) is 0 Å². The number of ether oxygens (including phenoxy) is 1. The van der Waals surface area contributed by atoms with Gasteiger partial charge in [-0.25, -0.2) is 0 Å². The highest BCUT2D eigenvalue weighted by Gasteiger charge is 2.42. The molecule has 5 unspecified atom stereocenters. The van der Waals surface area contributed by atoms with Crippen LogP contribution in [0.2, 0.25) is 0 Å². The molecule has 0 saturated carbocycles.